The molecule has 2 saturated heterocycles. The Hall–Kier alpha value is -1.72. The summed E-state index contributed by atoms with van der Waals surface area (Å²) in [7, 11) is 0. The maximum Gasteiger partial charge on any atom is 0.316 e. The smallest absolute Gasteiger partial charge is 0.316 e. The monoisotopic (exact) mass is 250 g/mol. The van der Waals surface area contributed by atoms with E-state index in [9.17, 15) is 19.2 Å². The minimum absolute atomic E-state index is 0.252. The topological polar surface area (TPSA) is 86.7 Å². The van der Waals surface area contributed by atoms with Crippen LogP contribution in [0.5, 0.6) is 0 Å². The molecular weight excluding hydrogens is 240 g/mol. The fourth-order valence-electron chi connectivity index (χ4n) is 4.32. The van der Waals surface area contributed by atoms with E-state index in [1.54, 1.807) is 0 Å². The van der Waals surface area contributed by atoms with Gasteiger partial charge in [0.15, 0.2) is 0 Å². The summed E-state index contributed by atoms with van der Waals surface area (Å²) in [5, 5.41) is 0. The van der Waals surface area contributed by atoms with Gasteiger partial charge in [-0.25, -0.2) is 0 Å². The molecule has 0 aromatic rings. The predicted molar refractivity (Wildman–Crippen MR) is 52.4 cm³/mol. The number of rotatable bonds is 0. The summed E-state index contributed by atoms with van der Waals surface area (Å²) in [6, 6.07) is 0. The second kappa shape index (κ2) is 2.99. The number of carbonyl (C=O) groups is 4. The normalized spacial score (nSPS) is 48.9. The van der Waals surface area contributed by atoms with E-state index in [0.717, 1.165) is 0 Å². The van der Waals surface area contributed by atoms with Gasteiger partial charge in [0.25, 0.3) is 0 Å². The van der Waals surface area contributed by atoms with Crippen LogP contribution in [-0.4, -0.2) is 23.9 Å². The molecule has 4 fully saturated rings. The van der Waals surface area contributed by atoms with Crippen molar-refractivity contribution in [1.82, 2.24) is 0 Å². The average molecular weight is 250 g/mol. The predicted octanol–water partition coefficient (Wildman–Crippen LogP) is -0.342. The zero-order valence-electron chi connectivity index (χ0n) is 9.33. The molecule has 0 aromatic carbocycles. The van der Waals surface area contributed by atoms with Crippen molar-refractivity contribution in [1.29, 1.82) is 0 Å². The van der Waals surface area contributed by atoms with E-state index in [4.69, 9.17) is 9.47 Å². The highest BCUT2D eigenvalue weighted by Crippen LogP contribution is 2.60. The van der Waals surface area contributed by atoms with Gasteiger partial charge in [-0.05, 0) is 24.7 Å². The van der Waals surface area contributed by atoms with Crippen LogP contribution >= 0.6 is 0 Å². The molecule has 2 saturated carbocycles. The summed E-state index contributed by atoms with van der Waals surface area (Å²) in [4.78, 5) is 46.8. The Morgan fingerprint density at radius 3 is 1.17 bits per heavy atom. The Morgan fingerprint density at radius 1 is 0.611 bits per heavy atom. The Balaban J connectivity index is 1.83. The molecule has 2 heterocycles. The molecule has 4 bridgehead atoms. The van der Waals surface area contributed by atoms with Crippen molar-refractivity contribution in [2.24, 2.45) is 35.5 Å². The first-order valence-electron chi connectivity index (χ1n) is 6.09. The summed E-state index contributed by atoms with van der Waals surface area (Å²) in [6.45, 7) is 0. The number of carbonyl (C=O) groups excluding carboxylic acids is 4. The number of cyclic esters (lactones) is 4. The first kappa shape index (κ1) is 10.2. The Labute approximate surface area is 102 Å². The lowest BCUT2D eigenvalue weighted by Gasteiger charge is -2.25. The zero-order chi connectivity index (χ0) is 12.6. The fourth-order valence-corrected chi connectivity index (χ4v) is 4.32. The lowest BCUT2D eigenvalue weighted by atomic mass is 9.84. The van der Waals surface area contributed by atoms with E-state index in [1.165, 1.54) is 0 Å². The largest absolute Gasteiger partial charge is 0.393 e. The van der Waals surface area contributed by atoms with Crippen molar-refractivity contribution in [3.63, 3.8) is 0 Å². The summed E-state index contributed by atoms with van der Waals surface area (Å²) in [6.07, 6.45) is 0.834. The van der Waals surface area contributed by atoms with Crippen molar-refractivity contribution in [2.45, 2.75) is 12.8 Å². The van der Waals surface area contributed by atoms with Crippen molar-refractivity contribution < 1.29 is 28.7 Å². The lowest BCUT2D eigenvalue weighted by molar-refractivity contribution is -0.173. The molecule has 94 valence electrons. The second-order valence-electron chi connectivity index (χ2n) is 5.53. The maximum atomic E-state index is 11.7. The molecule has 2 aliphatic heterocycles. The van der Waals surface area contributed by atoms with E-state index in [-0.39, 0.29) is 11.8 Å². The van der Waals surface area contributed by atoms with Crippen LogP contribution in [0.1, 0.15) is 12.8 Å². The van der Waals surface area contributed by atoms with Crippen LogP contribution in [0.25, 0.3) is 0 Å². The average Bonchev–Trinajstić information content (AvgIpc) is 2.79. The van der Waals surface area contributed by atoms with Crippen LogP contribution in [-0.2, 0) is 28.7 Å². The number of esters is 4. The maximum absolute atomic E-state index is 11.7. The summed E-state index contributed by atoms with van der Waals surface area (Å²) >= 11 is 0. The molecule has 0 spiro atoms. The highest BCUT2D eigenvalue weighted by Gasteiger charge is 2.67. The third-order valence-corrected chi connectivity index (χ3v) is 4.93. The molecule has 0 amide bonds. The van der Waals surface area contributed by atoms with Gasteiger partial charge in [0.1, 0.15) is 0 Å². The second-order valence-corrected chi connectivity index (χ2v) is 5.53. The lowest BCUT2D eigenvalue weighted by Crippen LogP contribution is -2.38. The van der Waals surface area contributed by atoms with Gasteiger partial charge >= 0.3 is 23.9 Å². The highest BCUT2D eigenvalue weighted by molar-refractivity contribution is 5.97. The van der Waals surface area contributed by atoms with Gasteiger partial charge in [0.05, 0.1) is 23.7 Å². The summed E-state index contributed by atoms with van der Waals surface area (Å²) < 4.78 is 9.41. The third-order valence-electron chi connectivity index (χ3n) is 4.93. The molecule has 6 heteroatoms. The van der Waals surface area contributed by atoms with E-state index in [2.05, 4.69) is 0 Å². The molecule has 6 nitrogen and oxygen atoms in total. The van der Waals surface area contributed by atoms with Crippen LogP contribution in [0.3, 0.4) is 0 Å². The molecule has 4 rings (SSSR count). The molecule has 0 radical (unpaired) electrons. The fraction of sp³-hybridized carbons (Fsp3) is 0.667. The van der Waals surface area contributed by atoms with E-state index < -0.39 is 47.5 Å². The van der Waals surface area contributed by atoms with Crippen LogP contribution in [0.2, 0.25) is 0 Å². The van der Waals surface area contributed by atoms with Gasteiger partial charge in [-0.3, -0.25) is 19.2 Å². The van der Waals surface area contributed by atoms with Gasteiger partial charge < -0.3 is 9.47 Å². The Kier molecular flexibility index (Phi) is 1.70. The number of hydrogen-bond donors (Lipinski definition) is 0. The molecule has 2 aliphatic carbocycles. The number of fused-ring (bicyclic) bond motifs is 9. The van der Waals surface area contributed by atoms with Crippen molar-refractivity contribution in [2.75, 3.05) is 0 Å². The third kappa shape index (κ3) is 0.996. The minimum Gasteiger partial charge on any atom is -0.393 e. The first-order chi connectivity index (χ1) is 8.58. The number of hydrogen-bond acceptors (Lipinski definition) is 6. The zero-order valence-corrected chi connectivity index (χ0v) is 9.33. The van der Waals surface area contributed by atoms with Gasteiger partial charge in [-0.15, -0.1) is 0 Å². The summed E-state index contributed by atoms with van der Waals surface area (Å²) in [5.41, 5.74) is 0. The highest BCUT2D eigenvalue weighted by atomic mass is 16.6. The van der Waals surface area contributed by atoms with Gasteiger partial charge in [0.2, 0.25) is 0 Å². The number of ether oxygens (including phenoxy) is 2. The van der Waals surface area contributed by atoms with E-state index in [1.807, 2.05) is 0 Å². The van der Waals surface area contributed by atoms with Crippen molar-refractivity contribution in [3.8, 4) is 0 Å². The van der Waals surface area contributed by atoms with Crippen LogP contribution in [0.4, 0.5) is 0 Å². The molecule has 6 atom stereocenters. The van der Waals surface area contributed by atoms with Crippen LogP contribution in [0.15, 0.2) is 0 Å². The molecular formula is C12H10O6. The Morgan fingerprint density at radius 2 is 0.889 bits per heavy atom. The minimum atomic E-state index is -0.545. The quantitative estimate of drug-likeness (QED) is 0.332. The summed E-state index contributed by atoms with van der Waals surface area (Å²) in [5.74, 6) is -4.38. The van der Waals surface area contributed by atoms with Gasteiger partial charge in [-0.1, -0.05) is 0 Å². The standard InChI is InChI=1S/C12H10O6/c13-9-3-1-4(10(14)17-9)8-6-2-5(7(3)8)11(15)18-12(6)16/h3-8H,1-2H2/t3-,4+,5?,6?,7?,8?. The molecule has 18 heavy (non-hydrogen) atoms. The first-order valence-corrected chi connectivity index (χ1v) is 6.09. The van der Waals surface area contributed by atoms with Crippen molar-refractivity contribution >= 4 is 23.9 Å². The van der Waals surface area contributed by atoms with E-state index in [0.29, 0.717) is 12.8 Å². The SMILES string of the molecule is O=C1OC(=O)C2CC1C1C2[C@H]2C[C@@H]1C(=O)OC2=O. The van der Waals surface area contributed by atoms with Crippen LogP contribution < -0.4 is 0 Å². The molecule has 0 aromatic heterocycles. The van der Waals surface area contributed by atoms with E-state index >= 15 is 0 Å². The Bertz CT molecular complexity index is 423. The molecule has 0 N–H and O–H groups in total. The van der Waals surface area contributed by atoms with Crippen LogP contribution in [0, 0.1) is 35.5 Å². The van der Waals surface area contributed by atoms with Gasteiger partial charge in [-0.2, -0.15) is 0 Å². The molecule has 4 aliphatic rings. The van der Waals surface area contributed by atoms with Gasteiger partial charge in [0, 0.05) is 0 Å². The van der Waals surface area contributed by atoms with Crippen molar-refractivity contribution in [3.05, 3.63) is 0 Å². The molecule has 4 unspecified atom stereocenters.